The van der Waals surface area contributed by atoms with Gasteiger partial charge in [0.2, 0.25) is 0 Å². The molecule has 0 unspecified atom stereocenters. The molecule has 1 saturated heterocycles. The molecule has 0 aliphatic carbocycles. The van der Waals surface area contributed by atoms with Crippen molar-refractivity contribution in [3.05, 3.63) is 11.8 Å². The van der Waals surface area contributed by atoms with Gasteiger partial charge in [-0.3, -0.25) is 4.79 Å². The average molecular weight is 354 g/mol. The van der Waals surface area contributed by atoms with E-state index in [9.17, 15) is 9.59 Å². The van der Waals surface area contributed by atoms with Gasteiger partial charge in [0.15, 0.2) is 0 Å². The zero-order valence-electron chi connectivity index (χ0n) is 16.8. The van der Waals surface area contributed by atoms with Crippen LogP contribution in [0.3, 0.4) is 0 Å². The summed E-state index contributed by atoms with van der Waals surface area (Å²) in [5.74, 6) is -0.635. The highest BCUT2D eigenvalue weighted by atomic mass is 16.6. The van der Waals surface area contributed by atoms with Crippen LogP contribution in [0.5, 0.6) is 0 Å². The van der Waals surface area contributed by atoms with Gasteiger partial charge in [-0.15, -0.1) is 0 Å². The lowest BCUT2D eigenvalue weighted by molar-refractivity contribution is -0.162. The van der Waals surface area contributed by atoms with E-state index in [0.717, 1.165) is 44.3 Å². The molecule has 5 nitrogen and oxygen atoms in total. The van der Waals surface area contributed by atoms with E-state index in [1.807, 2.05) is 27.7 Å². The standard InChI is InChI=1S/C20H35NO4/c1-7-11-17(16(8-2)19(23)25-20(4,5)6)21-13-10-12-15(21)14-18(22)24-9-3/h14,16-17H,7-13H2,1-6H3/b15-14+/t16-,17-/m1/s1. The molecular weight excluding hydrogens is 318 g/mol. The Labute approximate surface area is 152 Å². The van der Waals surface area contributed by atoms with Crippen LogP contribution in [-0.2, 0) is 19.1 Å². The number of ether oxygens (including phenoxy) is 2. The first-order valence-electron chi connectivity index (χ1n) is 9.60. The van der Waals surface area contributed by atoms with E-state index in [0.29, 0.717) is 6.61 Å². The third-order valence-corrected chi connectivity index (χ3v) is 4.37. The molecule has 0 aromatic rings. The van der Waals surface area contributed by atoms with E-state index >= 15 is 0 Å². The van der Waals surface area contributed by atoms with Crippen LogP contribution >= 0.6 is 0 Å². The van der Waals surface area contributed by atoms with Crippen molar-refractivity contribution in [3.63, 3.8) is 0 Å². The monoisotopic (exact) mass is 353 g/mol. The van der Waals surface area contributed by atoms with Crippen molar-refractivity contribution in [2.75, 3.05) is 13.2 Å². The van der Waals surface area contributed by atoms with Crippen LogP contribution in [-0.4, -0.2) is 41.6 Å². The van der Waals surface area contributed by atoms with Crippen molar-refractivity contribution < 1.29 is 19.1 Å². The largest absolute Gasteiger partial charge is 0.463 e. The molecule has 5 heteroatoms. The first kappa shape index (κ1) is 21.5. The summed E-state index contributed by atoms with van der Waals surface area (Å²) in [4.78, 5) is 26.8. The van der Waals surface area contributed by atoms with Gasteiger partial charge >= 0.3 is 11.9 Å². The second-order valence-electron chi connectivity index (χ2n) is 7.59. The third-order valence-electron chi connectivity index (χ3n) is 4.37. The molecule has 0 saturated carbocycles. The van der Waals surface area contributed by atoms with E-state index in [1.54, 1.807) is 13.0 Å². The fraction of sp³-hybridized carbons (Fsp3) is 0.800. The van der Waals surface area contributed by atoms with E-state index in [4.69, 9.17) is 9.47 Å². The average Bonchev–Trinajstić information content (AvgIpc) is 2.93. The first-order chi connectivity index (χ1) is 11.7. The van der Waals surface area contributed by atoms with Crippen LogP contribution in [0.15, 0.2) is 11.8 Å². The highest BCUT2D eigenvalue weighted by Gasteiger charge is 2.36. The van der Waals surface area contributed by atoms with Gasteiger partial charge in [-0.1, -0.05) is 20.3 Å². The fourth-order valence-corrected chi connectivity index (χ4v) is 3.41. The summed E-state index contributed by atoms with van der Waals surface area (Å²) in [6.07, 6.45) is 6.05. The Kier molecular flexibility index (Phi) is 8.46. The minimum Gasteiger partial charge on any atom is -0.463 e. The zero-order valence-corrected chi connectivity index (χ0v) is 16.8. The highest BCUT2D eigenvalue weighted by Crippen LogP contribution is 2.32. The van der Waals surface area contributed by atoms with Crippen molar-refractivity contribution in [1.82, 2.24) is 4.90 Å². The molecule has 0 spiro atoms. The number of likely N-dealkylation sites (tertiary alicyclic amines) is 1. The Bertz CT molecular complexity index is 479. The number of nitrogens with zero attached hydrogens (tertiary/aromatic N) is 1. The lowest BCUT2D eigenvalue weighted by Crippen LogP contribution is -2.43. The fourth-order valence-electron chi connectivity index (χ4n) is 3.41. The van der Waals surface area contributed by atoms with Gasteiger partial charge in [0.05, 0.1) is 12.5 Å². The molecule has 0 aromatic heterocycles. The molecule has 0 radical (unpaired) electrons. The summed E-state index contributed by atoms with van der Waals surface area (Å²) in [5.41, 5.74) is 0.495. The maximum Gasteiger partial charge on any atom is 0.332 e. The van der Waals surface area contributed by atoms with E-state index in [2.05, 4.69) is 11.8 Å². The Morgan fingerprint density at radius 1 is 1.24 bits per heavy atom. The molecule has 1 aliphatic heterocycles. The van der Waals surface area contributed by atoms with E-state index < -0.39 is 5.60 Å². The minimum absolute atomic E-state index is 0.0630. The van der Waals surface area contributed by atoms with E-state index in [1.165, 1.54) is 0 Å². The molecule has 0 amide bonds. The minimum atomic E-state index is -0.490. The van der Waals surface area contributed by atoms with Crippen molar-refractivity contribution in [2.45, 2.75) is 85.3 Å². The molecule has 0 N–H and O–H groups in total. The number of hydrogen-bond donors (Lipinski definition) is 0. The summed E-state index contributed by atoms with van der Waals surface area (Å²) in [7, 11) is 0. The summed E-state index contributed by atoms with van der Waals surface area (Å²) < 4.78 is 10.7. The maximum absolute atomic E-state index is 12.7. The van der Waals surface area contributed by atoms with Gasteiger partial charge in [0.1, 0.15) is 5.60 Å². The van der Waals surface area contributed by atoms with Crippen LogP contribution in [0.2, 0.25) is 0 Å². The lowest BCUT2D eigenvalue weighted by atomic mass is 9.91. The van der Waals surface area contributed by atoms with Gasteiger partial charge in [-0.25, -0.2) is 4.79 Å². The van der Waals surface area contributed by atoms with Crippen LogP contribution in [0.25, 0.3) is 0 Å². The zero-order chi connectivity index (χ0) is 19.0. The summed E-state index contributed by atoms with van der Waals surface area (Å²) in [5, 5.41) is 0. The molecule has 1 aliphatic rings. The quantitative estimate of drug-likeness (QED) is 0.486. The SMILES string of the molecule is CCC[C@H]([C@@H](CC)C(=O)OC(C)(C)C)N1CCC/C1=C\C(=O)OCC. The van der Waals surface area contributed by atoms with Crippen molar-refractivity contribution in [1.29, 1.82) is 0 Å². The predicted octanol–water partition coefficient (Wildman–Crippen LogP) is 4.07. The van der Waals surface area contributed by atoms with Gasteiger partial charge < -0.3 is 14.4 Å². The Hall–Kier alpha value is -1.52. The Morgan fingerprint density at radius 3 is 2.44 bits per heavy atom. The number of hydrogen-bond acceptors (Lipinski definition) is 5. The van der Waals surface area contributed by atoms with Crippen LogP contribution < -0.4 is 0 Å². The molecule has 144 valence electrons. The van der Waals surface area contributed by atoms with Crippen molar-refractivity contribution >= 4 is 11.9 Å². The second kappa shape index (κ2) is 9.83. The van der Waals surface area contributed by atoms with Gasteiger partial charge in [0, 0.05) is 24.4 Å². The second-order valence-corrected chi connectivity index (χ2v) is 7.59. The normalized spacial score (nSPS) is 19.0. The highest BCUT2D eigenvalue weighted by molar-refractivity contribution is 5.82. The molecule has 1 heterocycles. The predicted molar refractivity (Wildman–Crippen MR) is 99.0 cm³/mol. The van der Waals surface area contributed by atoms with Crippen molar-refractivity contribution in [3.8, 4) is 0 Å². The number of esters is 2. The molecule has 1 fully saturated rings. The topological polar surface area (TPSA) is 55.8 Å². The molecule has 1 rings (SSSR count). The summed E-state index contributed by atoms with van der Waals surface area (Å²) >= 11 is 0. The van der Waals surface area contributed by atoms with Crippen LogP contribution in [0.1, 0.15) is 73.6 Å². The molecule has 0 aromatic carbocycles. The number of carbonyl (C=O) groups excluding carboxylic acids is 2. The summed E-state index contributed by atoms with van der Waals surface area (Å²) in [6, 6.07) is 0.0630. The molecular formula is C20H35NO4. The maximum atomic E-state index is 12.7. The lowest BCUT2D eigenvalue weighted by Gasteiger charge is -2.36. The van der Waals surface area contributed by atoms with Crippen LogP contribution in [0, 0.1) is 5.92 Å². The van der Waals surface area contributed by atoms with E-state index in [-0.39, 0.29) is 23.9 Å². The number of carbonyl (C=O) groups is 2. The molecule has 25 heavy (non-hydrogen) atoms. The summed E-state index contributed by atoms with van der Waals surface area (Å²) in [6.45, 7) is 12.9. The third kappa shape index (κ3) is 6.71. The molecule has 2 atom stereocenters. The van der Waals surface area contributed by atoms with Gasteiger partial charge in [-0.2, -0.15) is 0 Å². The number of allylic oxidation sites excluding steroid dienone is 1. The van der Waals surface area contributed by atoms with Crippen LogP contribution in [0.4, 0.5) is 0 Å². The van der Waals surface area contributed by atoms with Crippen molar-refractivity contribution in [2.24, 2.45) is 5.92 Å². The Morgan fingerprint density at radius 2 is 1.92 bits per heavy atom. The van der Waals surface area contributed by atoms with Gasteiger partial charge in [0.25, 0.3) is 0 Å². The number of rotatable bonds is 8. The smallest absolute Gasteiger partial charge is 0.332 e. The van der Waals surface area contributed by atoms with Gasteiger partial charge in [-0.05, 0) is 53.4 Å². The Balaban J connectivity index is 3.02. The first-order valence-corrected chi connectivity index (χ1v) is 9.60. The molecule has 0 bridgehead atoms.